The Morgan fingerprint density at radius 2 is 2.42 bits per heavy atom. The molecule has 0 atom stereocenters. The van der Waals surface area contributed by atoms with Crippen LogP contribution in [0.4, 0.5) is 0 Å². The first-order valence-corrected chi connectivity index (χ1v) is 3.53. The van der Waals surface area contributed by atoms with Gasteiger partial charge in [-0.1, -0.05) is 11.6 Å². The molecule has 0 aliphatic heterocycles. The van der Waals surface area contributed by atoms with Gasteiger partial charge in [-0.15, -0.1) is 5.10 Å². The van der Waals surface area contributed by atoms with E-state index in [-0.39, 0.29) is 5.82 Å². The maximum absolute atomic E-state index is 8.58. The molecule has 0 bridgehead atoms. The van der Waals surface area contributed by atoms with E-state index in [1.54, 1.807) is 6.20 Å². The van der Waals surface area contributed by atoms with Gasteiger partial charge in [0.1, 0.15) is 6.61 Å². The Bertz CT molecular complexity index is 413. The van der Waals surface area contributed by atoms with Gasteiger partial charge in [0.15, 0.2) is 5.82 Å². The van der Waals surface area contributed by atoms with Gasteiger partial charge in [-0.2, -0.15) is 4.98 Å². The van der Waals surface area contributed by atoms with E-state index < -0.39 is 0 Å². The highest BCUT2D eigenvalue weighted by Crippen LogP contribution is 2.06. The Balaban J connectivity index is 2.67. The molecule has 1 radical (unpaired) electrons. The molecule has 0 saturated carbocycles. The van der Waals surface area contributed by atoms with Crippen LogP contribution in [0.3, 0.4) is 0 Å². The summed E-state index contributed by atoms with van der Waals surface area (Å²) < 4.78 is 1.39. The summed E-state index contributed by atoms with van der Waals surface area (Å²) in [5.74, 6) is 0.615. The Labute approximate surface area is 72.6 Å². The Kier molecular flexibility index (Phi) is 1.67. The van der Waals surface area contributed by atoms with Crippen LogP contribution in [0.2, 0.25) is 5.02 Å². The van der Waals surface area contributed by atoms with Crippen molar-refractivity contribution in [3.05, 3.63) is 29.8 Å². The molecule has 0 spiro atoms. The minimum atomic E-state index is 0.213. The van der Waals surface area contributed by atoms with Crippen molar-refractivity contribution in [1.29, 1.82) is 0 Å². The predicted molar refractivity (Wildman–Crippen MR) is 41.1 cm³/mol. The van der Waals surface area contributed by atoms with Crippen LogP contribution in [0.5, 0.6) is 0 Å². The van der Waals surface area contributed by atoms with Gasteiger partial charge < -0.3 is 5.11 Å². The number of rotatable bonds is 1. The van der Waals surface area contributed by atoms with Crippen molar-refractivity contribution in [3.63, 3.8) is 0 Å². The molecule has 2 aromatic rings. The maximum atomic E-state index is 8.58. The topological polar surface area (TPSA) is 63.3 Å². The van der Waals surface area contributed by atoms with Gasteiger partial charge in [-0.3, -0.25) is 0 Å². The molecule has 0 unspecified atom stereocenters. The highest BCUT2D eigenvalue weighted by molar-refractivity contribution is 6.30. The number of aromatic nitrogens is 4. The van der Waals surface area contributed by atoms with Crippen molar-refractivity contribution in [2.75, 3.05) is 0 Å². The molecule has 2 rings (SSSR count). The van der Waals surface area contributed by atoms with E-state index >= 15 is 0 Å². The zero-order valence-electron chi connectivity index (χ0n) is 5.85. The van der Waals surface area contributed by atoms with Crippen molar-refractivity contribution in [3.8, 4) is 0 Å². The minimum Gasteiger partial charge on any atom is -0.382 e. The van der Waals surface area contributed by atoms with Gasteiger partial charge >= 0.3 is 0 Å². The van der Waals surface area contributed by atoms with Gasteiger partial charge in [0, 0.05) is 0 Å². The van der Waals surface area contributed by atoms with Crippen LogP contribution >= 0.6 is 11.6 Å². The molecular weight excluding hydrogens is 180 g/mol. The zero-order valence-corrected chi connectivity index (χ0v) is 6.60. The fraction of sp³-hybridized carbons (Fsp3) is 0. The van der Waals surface area contributed by atoms with E-state index in [0.717, 1.165) is 6.61 Å². The van der Waals surface area contributed by atoms with Crippen LogP contribution in [0.1, 0.15) is 5.82 Å². The van der Waals surface area contributed by atoms with E-state index in [1.165, 1.54) is 10.7 Å². The smallest absolute Gasteiger partial charge is 0.252 e. The summed E-state index contributed by atoms with van der Waals surface area (Å²) in [6, 6.07) is 0. The minimum absolute atomic E-state index is 0.213. The summed E-state index contributed by atoms with van der Waals surface area (Å²) in [4.78, 5) is 7.72. The lowest BCUT2D eigenvalue weighted by Crippen LogP contribution is -1.89. The summed E-state index contributed by atoms with van der Waals surface area (Å²) in [5, 5.41) is 12.9. The van der Waals surface area contributed by atoms with Gasteiger partial charge in [0.25, 0.3) is 5.78 Å². The second-order valence-electron chi connectivity index (χ2n) is 2.12. The third kappa shape index (κ3) is 1.13. The van der Waals surface area contributed by atoms with Crippen molar-refractivity contribution in [1.82, 2.24) is 19.6 Å². The Morgan fingerprint density at radius 1 is 1.58 bits per heavy atom. The second kappa shape index (κ2) is 2.69. The van der Waals surface area contributed by atoms with E-state index in [9.17, 15) is 0 Å². The van der Waals surface area contributed by atoms with Crippen LogP contribution in [0, 0.1) is 6.61 Å². The maximum Gasteiger partial charge on any atom is 0.252 e. The van der Waals surface area contributed by atoms with Crippen molar-refractivity contribution < 1.29 is 5.11 Å². The third-order valence-corrected chi connectivity index (χ3v) is 1.49. The number of fused-ring (bicyclic) bond motifs is 1. The average Bonchev–Trinajstić information content (AvgIpc) is 2.46. The lowest BCUT2D eigenvalue weighted by Gasteiger charge is -1.88. The molecule has 2 aromatic heterocycles. The van der Waals surface area contributed by atoms with E-state index in [2.05, 4.69) is 15.1 Å². The standard InChI is InChI=1S/C6H4ClN4O/c7-4-1-8-6-9-5(3-12)10-11(6)2-4/h1-3,12H. The average molecular weight is 184 g/mol. The molecule has 0 saturated heterocycles. The molecule has 5 nitrogen and oxygen atoms in total. The summed E-state index contributed by atoms with van der Waals surface area (Å²) in [5.41, 5.74) is 0. The summed E-state index contributed by atoms with van der Waals surface area (Å²) >= 11 is 5.65. The first-order valence-electron chi connectivity index (χ1n) is 3.15. The largest absolute Gasteiger partial charge is 0.382 e. The lowest BCUT2D eigenvalue weighted by atomic mass is 10.7. The van der Waals surface area contributed by atoms with Crippen LogP contribution in [0.15, 0.2) is 12.4 Å². The van der Waals surface area contributed by atoms with Gasteiger partial charge in [-0.05, 0) is 0 Å². The molecule has 6 heteroatoms. The van der Waals surface area contributed by atoms with Crippen LogP contribution in [0.25, 0.3) is 5.78 Å². The highest BCUT2D eigenvalue weighted by Gasteiger charge is 2.02. The van der Waals surface area contributed by atoms with E-state index in [1.807, 2.05) is 0 Å². The molecular formula is C6H4ClN4O. The molecule has 0 amide bonds. The molecule has 0 aromatic carbocycles. The monoisotopic (exact) mass is 183 g/mol. The molecule has 0 fully saturated rings. The summed E-state index contributed by atoms with van der Waals surface area (Å²) in [7, 11) is 0. The fourth-order valence-electron chi connectivity index (χ4n) is 0.830. The number of hydrogen-bond donors (Lipinski definition) is 1. The third-order valence-electron chi connectivity index (χ3n) is 1.29. The van der Waals surface area contributed by atoms with Crippen molar-refractivity contribution in [2.24, 2.45) is 0 Å². The van der Waals surface area contributed by atoms with Crippen LogP contribution in [-0.2, 0) is 0 Å². The highest BCUT2D eigenvalue weighted by atomic mass is 35.5. The van der Waals surface area contributed by atoms with Gasteiger partial charge in [0.05, 0.1) is 17.4 Å². The number of aliphatic hydroxyl groups excluding tert-OH is 1. The number of halogens is 1. The lowest BCUT2D eigenvalue weighted by molar-refractivity contribution is 0.406. The summed E-state index contributed by atoms with van der Waals surface area (Å²) in [6.07, 6.45) is 3.02. The predicted octanol–water partition coefficient (Wildman–Crippen LogP) is 0.660. The van der Waals surface area contributed by atoms with Gasteiger partial charge in [-0.25, -0.2) is 9.50 Å². The Morgan fingerprint density at radius 3 is 3.17 bits per heavy atom. The zero-order chi connectivity index (χ0) is 8.55. The summed E-state index contributed by atoms with van der Waals surface area (Å²) in [6.45, 7) is 0.808. The number of hydrogen-bond acceptors (Lipinski definition) is 4. The van der Waals surface area contributed by atoms with E-state index in [0.29, 0.717) is 10.8 Å². The van der Waals surface area contributed by atoms with Crippen LogP contribution in [-0.4, -0.2) is 24.7 Å². The number of nitrogens with zero attached hydrogens (tertiary/aromatic N) is 4. The van der Waals surface area contributed by atoms with Crippen molar-refractivity contribution in [2.45, 2.75) is 0 Å². The SMILES string of the molecule is O[CH]c1nc2ncc(Cl)cn2n1. The van der Waals surface area contributed by atoms with Crippen molar-refractivity contribution >= 4 is 17.4 Å². The normalized spacial score (nSPS) is 10.8. The van der Waals surface area contributed by atoms with Crippen LogP contribution < -0.4 is 0 Å². The molecule has 12 heavy (non-hydrogen) atoms. The second-order valence-corrected chi connectivity index (χ2v) is 2.55. The number of aliphatic hydroxyl groups is 1. The molecule has 0 aliphatic rings. The fourth-order valence-corrected chi connectivity index (χ4v) is 0.971. The quantitative estimate of drug-likeness (QED) is 0.706. The molecule has 1 N–H and O–H groups in total. The Hall–Kier alpha value is -1.20. The molecule has 2 heterocycles. The first kappa shape index (κ1) is 7.45. The van der Waals surface area contributed by atoms with Gasteiger partial charge in [0.2, 0.25) is 0 Å². The van der Waals surface area contributed by atoms with E-state index in [4.69, 9.17) is 16.7 Å². The molecule has 61 valence electrons. The molecule has 0 aliphatic carbocycles. The first-order chi connectivity index (χ1) is 5.79.